The monoisotopic (exact) mass is 255 g/mol. The largest absolute Gasteiger partial charge is 0.466 e. The van der Waals surface area contributed by atoms with Gasteiger partial charge in [0.25, 0.3) is 0 Å². The molecule has 0 spiro atoms. The van der Waals surface area contributed by atoms with Crippen molar-refractivity contribution in [1.82, 2.24) is 0 Å². The zero-order valence-corrected chi connectivity index (χ0v) is 11.4. The quantitative estimate of drug-likeness (QED) is 0.623. The standard InChI is InChI=1S/C16H17NO2/c1-17(2)15-10-8-12(9-11-16(18)19-3)13-6-4-5-7-14(13)15/h4-11H,1-3H3/b11-9+. The van der Waals surface area contributed by atoms with Crippen molar-refractivity contribution in [3.63, 3.8) is 0 Å². The van der Waals surface area contributed by atoms with Crippen LogP contribution in [0.4, 0.5) is 5.69 Å². The highest BCUT2D eigenvalue weighted by atomic mass is 16.5. The predicted octanol–water partition coefficient (Wildman–Crippen LogP) is 3.09. The number of fused-ring (bicyclic) bond motifs is 1. The Morgan fingerprint density at radius 3 is 2.42 bits per heavy atom. The summed E-state index contributed by atoms with van der Waals surface area (Å²) in [5, 5.41) is 2.29. The van der Waals surface area contributed by atoms with E-state index in [4.69, 9.17) is 0 Å². The second-order valence-electron chi connectivity index (χ2n) is 4.47. The van der Waals surface area contributed by atoms with Gasteiger partial charge in [0.2, 0.25) is 0 Å². The molecule has 0 aliphatic heterocycles. The van der Waals surface area contributed by atoms with Gasteiger partial charge >= 0.3 is 5.97 Å². The topological polar surface area (TPSA) is 29.5 Å². The van der Waals surface area contributed by atoms with Gasteiger partial charge < -0.3 is 9.64 Å². The van der Waals surface area contributed by atoms with Gasteiger partial charge in [0.15, 0.2) is 0 Å². The minimum absolute atomic E-state index is 0.347. The van der Waals surface area contributed by atoms with E-state index >= 15 is 0 Å². The molecule has 0 fully saturated rings. The zero-order valence-electron chi connectivity index (χ0n) is 11.4. The van der Waals surface area contributed by atoms with Gasteiger partial charge in [-0.1, -0.05) is 30.3 Å². The third-order valence-electron chi connectivity index (χ3n) is 3.02. The van der Waals surface area contributed by atoms with E-state index in [9.17, 15) is 4.79 Å². The number of anilines is 1. The fourth-order valence-corrected chi connectivity index (χ4v) is 2.07. The molecule has 0 saturated heterocycles. The van der Waals surface area contributed by atoms with Gasteiger partial charge in [0, 0.05) is 31.2 Å². The summed E-state index contributed by atoms with van der Waals surface area (Å²) in [6, 6.07) is 12.2. The van der Waals surface area contributed by atoms with Crippen molar-refractivity contribution < 1.29 is 9.53 Å². The van der Waals surface area contributed by atoms with Crippen molar-refractivity contribution in [1.29, 1.82) is 0 Å². The lowest BCUT2D eigenvalue weighted by atomic mass is 10.0. The lowest BCUT2D eigenvalue weighted by molar-refractivity contribution is -0.134. The Balaban J connectivity index is 2.56. The highest BCUT2D eigenvalue weighted by Crippen LogP contribution is 2.29. The number of nitrogens with zero attached hydrogens (tertiary/aromatic N) is 1. The second kappa shape index (κ2) is 5.57. The van der Waals surface area contributed by atoms with Crippen molar-refractivity contribution in [3.05, 3.63) is 48.0 Å². The predicted molar refractivity (Wildman–Crippen MR) is 79.3 cm³/mol. The summed E-state index contributed by atoms with van der Waals surface area (Å²) in [5.74, 6) is -0.347. The van der Waals surface area contributed by atoms with E-state index in [1.54, 1.807) is 6.08 Å². The van der Waals surface area contributed by atoms with Crippen LogP contribution < -0.4 is 4.90 Å². The first-order valence-corrected chi connectivity index (χ1v) is 6.08. The van der Waals surface area contributed by atoms with E-state index in [-0.39, 0.29) is 5.97 Å². The molecule has 0 atom stereocenters. The summed E-state index contributed by atoms with van der Waals surface area (Å²) < 4.78 is 4.61. The van der Waals surface area contributed by atoms with E-state index < -0.39 is 0 Å². The van der Waals surface area contributed by atoms with Crippen LogP contribution in [0.1, 0.15) is 5.56 Å². The molecular weight excluding hydrogens is 238 g/mol. The van der Waals surface area contributed by atoms with Crippen LogP contribution in [0, 0.1) is 0 Å². The van der Waals surface area contributed by atoms with Crippen LogP contribution in [0.5, 0.6) is 0 Å². The van der Waals surface area contributed by atoms with E-state index in [2.05, 4.69) is 27.8 Å². The van der Waals surface area contributed by atoms with Crippen molar-refractivity contribution >= 4 is 28.5 Å². The first kappa shape index (κ1) is 13.1. The fourth-order valence-electron chi connectivity index (χ4n) is 2.07. The van der Waals surface area contributed by atoms with E-state index in [1.165, 1.54) is 18.6 Å². The molecule has 19 heavy (non-hydrogen) atoms. The molecule has 0 aliphatic rings. The van der Waals surface area contributed by atoms with Gasteiger partial charge in [0.05, 0.1) is 7.11 Å². The molecule has 98 valence electrons. The summed E-state index contributed by atoms with van der Waals surface area (Å²) in [4.78, 5) is 13.3. The smallest absolute Gasteiger partial charge is 0.330 e. The van der Waals surface area contributed by atoms with Crippen LogP contribution in [0.2, 0.25) is 0 Å². The minimum atomic E-state index is -0.347. The Bertz CT molecular complexity index is 630. The number of rotatable bonds is 3. The molecular formula is C16H17NO2. The molecule has 0 N–H and O–H groups in total. The van der Waals surface area contributed by atoms with Gasteiger partial charge in [-0.2, -0.15) is 0 Å². The average molecular weight is 255 g/mol. The Kier molecular flexibility index (Phi) is 3.85. The third kappa shape index (κ3) is 2.76. The first-order valence-electron chi connectivity index (χ1n) is 6.08. The molecule has 0 aliphatic carbocycles. The van der Waals surface area contributed by atoms with Gasteiger partial charge in [0.1, 0.15) is 0 Å². The van der Waals surface area contributed by atoms with Crippen LogP contribution >= 0.6 is 0 Å². The number of carbonyl (C=O) groups is 1. The highest BCUT2D eigenvalue weighted by molar-refractivity contribution is 6.00. The Labute approximate surface area is 113 Å². The molecule has 0 aromatic heterocycles. The summed E-state index contributed by atoms with van der Waals surface area (Å²) in [6.07, 6.45) is 3.23. The van der Waals surface area contributed by atoms with Crippen molar-refractivity contribution in [2.24, 2.45) is 0 Å². The van der Waals surface area contributed by atoms with Crippen molar-refractivity contribution in [3.8, 4) is 0 Å². The molecule has 0 bridgehead atoms. The van der Waals surface area contributed by atoms with Crippen molar-refractivity contribution in [2.45, 2.75) is 0 Å². The number of ether oxygens (including phenoxy) is 1. The first-order chi connectivity index (χ1) is 9.13. The van der Waals surface area contributed by atoms with Gasteiger partial charge in [-0.05, 0) is 23.1 Å². The van der Waals surface area contributed by atoms with E-state index in [0.717, 1.165) is 16.6 Å². The summed E-state index contributed by atoms with van der Waals surface area (Å²) in [5.41, 5.74) is 2.16. The molecule has 2 rings (SSSR count). The number of methoxy groups -OCH3 is 1. The molecule has 2 aromatic rings. The number of esters is 1. The van der Waals surface area contributed by atoms with E-state index in [1.807, 2.05) is 32.3 Å². The third-order valence-corrected chi connectivity index (χ3v) is 3.02. The number of carbonyl (C=O) groups excluding carboxylic acids is 1. The molecule has 2 aromatic carbocycles. The Morgan fingerprint density at radius 1 is 1.11 bits per heavy atom. The van der Waals surface area contributed by atoms with Gasteiger partial charge in [-0.25, -0.2) is 4.79 Å². The summed E-state index contributed by atoms with van der Waals surface area (Å²) >= 11 is 0. The van der Waals surface area contributed by atoms with Crippen molar-refractivity contribution in [2.75, 3.05) is 26.1 Å². The van der Waals surface area contributed by atoms with Crippen LogP contribution in [-0.4, -0.2) is 27.2 Å². The Hall–Kier alpha value is -2.29. The summed E-state index contributed by atoms with van der Waals surface area (Å²) in [7, 11) is 5.41. The lowest BCUT2D eigenvalue weighted by Crippen LogP contribution is -2.09. The molecule has 3 heteroatoms. The minimum Gasteiger partial charge on any atom is -0.466 e. The fraction of sp³-hybridized carbons (Fsp3) is 0.188. The second-order valence-corrected chi connectivity index (χ2v) is 4.47. The maximum atomic E-state index is 11.2. The molecule has 0 unspecified atom stereocenters. The number of hydrogen-bond donors (Lipinski definition) is 0. The van der Waals surface area contributed by atoms with Crippen LogP contribution in [0.3, 0.4) is 0 Å². The maximum Gasteiger partial charge on any atom is 0.330 e. The van der Waals surface area contributed by atoms with Crippen LogP contribution in [0.25, 0.3) is 16.8 Å². The van der Waals surface area contributed by atoms with Crippen LogP contribution in [0.15, 0.2) is 42.5 Å². The average Bonchev–Trinajstić information content (AvgIpc) is 2.43. The zero-order chi connectivity index (χ0) is 13.8. The van der Waals surface area contributed by atoms with E-state index in [0.29, 0.717) is 0 Å². The normalized spacial score (nSPS) is 10.9. The Morgan fingerprint density at radius 2 is 1.79 bits per heavy atom. The molecule has 0 heterocycles. The number of benzene rings is 2. The SMILES string of the molecule is COC(=O)/C=C/c1ccc(N(C)C)c2ccccc12. The van der Waals surface area contributed by atoms with Crippen LogP contribution in [-0.2, 0) is 9.53 Å². The summed E-state index contributed by atoms with van der Waals surface area (Å²) in [6.45, 7) is 0. The maximum absolute atomic E-state index is 11.2. The lowest BCUT2D eigenvalue weighted by Gasteiger charge is -2.16. The number of hydrogen-bond acceptors (Lipinski definition) is 3. The molecule has 0 amide bonds. The molecule has 0 saturated carbocycles. The molecule has 3 nitrogen and oxygen atoms in total. The molecule has 0 radical (unpaired) electrons. The highest BCUT2D eigenvalue weighted by Gasteiger charge is 2.05. The van der Waals surface area contributed by atoms with Gasteiger partial charge in [-0.3, -0.25) is 0 Å². The van der Waals surface area contributed by atoms with Gasteiger partial charge in [-0.15, -0.1) is 0 Å².